The van der Waals surface area contributed by atoms with Crippen molar-refractivity contribution >= 4 is 62.6 Å². The van der Waals surface area contributed by atoms with Crippen molar-refractivity contribution in [2.75, 3.05) is 16.8 Å². The molecular formula is C27H24N6O2S3. The van der Waals surface area contributed by atoms with Crippen molar-refractivity contribution in [2.24, 2.45) is 0 Å². The molecular weight excluding hydrogens is 537 g/mol. The molecule has 0 fully saturated rings. The fraction of sp³-hybridized carbons (Fsp3) is 0.148. The average molecular weight is 561 g/mol. The molecule has 3 N–H and O–H groups in total. The quantitative estimate of drug-likeness (QED) is 0.193. The van der Waals surface area contributed by atoms with Gasteiger partial charge in [0.05, 0.1) is 21.7 Å². The zero-order valence-corrected chi connectivity index (χ0v) is 22.9. The van der Waals surface area contributed by atoms with Gasteiger partial charge in [0.15, 0.2) is 10.2 Å². The Hall–Kier alpha value is -3.67. The topological polar surface area (TPSA) is 113 Å². The number of amides is 2. The molecule has 0 radical (unpaired) electrons. The van der Waals surface area contributed by atoms with Crippen molar-refractivity contribution in [3.8, 4) is 11.4 Å². The number of hydrogen-bond acceptors (Lipinski definition) is 8. The van der Waals surface area contributed by atoms with Gasteiger partial charge in [0.2, 0.25) is 17.0 Å². The van der Waals surface area contributed by atoms with Crippen LogP contribution in [0, 0.1) is 6.92 Å². The lowest BCUT2D eigenvalue weighted by Gasteiger charge is -2.04. The normalized spacial score (nSPS) is 11.0. The van der Waals surface area contributed by atoms with Crippen LogP contribution in [-0.4, -0.2) is 43.5 Å². The number of thiazole rings is 1. The minimum Gasteiger partial charge on any atom is -0.351 e. The number of carbonyl (C=O) groups excluding carboxylic acids is 2. The fourth-order valence-corrected chi connectivity index (χ4v) is 6.03. The Labute approximate surface area is 232 Å². The number of anilines is 1. The van der Waals surface area contributed by atoms with Crippen molar-refractivity contribution in [3.63, 3.8) is 0 Å². The molecule has 38 heavy (non-hydrogen) atoms. The lowest BCUT2D eigenvalue weighted by molar-refractivity contribution is -0.118. The number of fused-ring (bicyclic) bond motifs is 1. The first-order chi connectivity index (χ1) is 18.5. The predicted octanol–water partition coefficient (Wildman–Crippen LogP) is 5.53. The minimum absolute atomic E-state index is 0.0393. The fourth-order valence-electron chi connectivity index (χ4n) is 3.49. The van der Waals surface area contributed by atoms with Gasteiger partial charge in [0.25, 0.3) is 0 Å². The standard InChI is InChI=1S/C27H24N6O2S3/c1-17-7-9-18(10-8-17)14-28-23(34)15-37-27-30-21-12-11-20(13-22(21)38-27)29-24(35)16-36-26-31-25(32-33-26)19-5-3-2-4-6-19/h2-13H,14-16H2,1H3,(H,28,34)(H,29,35)(H,31,32,33). The summed E-state index contributed by atoms with van der Waals surface area (Å²) in [7, 11) is 0. The zero-order chi connectivity index (χ0) is 26.3. The number of H-pyrrole nitrogens is 1. The van der Waals surface area contributed by atoms with Crippen LogP contribution in [0.3, 0.4) is 0 Å². The first-order valence-corrected chi connectivity index (χ1v) is 14.6. The number of aryl methyl sites for hydroxylation is 1. The monoisotopic (exact) mass is 560 g/mol. The Morgan fingerprint density at radius 3 is 2.53 bits per heavy atom. The summed E-state index contributed by atoms with van der Waals surface area (Å²) in [6, 6.07) is 23.4. The van der Waals surface area contributed by atoms with Gasteiger partial charge in [0.1, 0.15) is 0 Å². The van der Waals surface area contributed by atoms with E-state index in [1.807, 2.05) is 79.7 Å². The van der Waals surface area contributed by atoms with E-state index >= 15 is 0 Å². The first kappa shape index (κ1) is 26.0. The summed E-state index contributed by atoms with van der Waals surface area (Å²) in [5, 5.41) is 13.5. The highest BCUT2D eigenvalue weighted by Gasteiger charge is 2.12. The molecule has 5 aromatic rings. The smallest absolute Gasteiger partial charge is 0.234 e. The summed E-state index contributed by atoms with van der Waals surface area (Å²) >= 11 is 4.17. The van der Waals surface area contributed by atoms with E-state index in [9.17, 15) is 9.59 Å². The van der Waals surface area contributed by atoms with Crippen LogP contribution in [-0.2, 0) is 16.1 Å². The van der Waals surface area contributed by atoms with Crippen molar-refractivity contribution in [2.45, 2.75) is 23.0 Å². The Bertz CT molecular complexity index is 1550. The van der Waals surface area contributed by atoms with E-state index in [1.165, 1.54) is 40.4 Å². The van der Waals surface area contributed by atoms with E-state index in [0.29, 0.717) is 29.0 Å². The average Bonchev–Trinajstić information content (AvgIpc) is 3.58. The molecule has 8 nitrogen and oxygen atoms in total. The number of nitrogens with zero attached hydrogens (tertiary/aromatic N) is 3. The number of carbonyl (C=O) groups is 2. The third-order valence-electron chi connectivity index (χ3n) is 5.43. The Balaban J connectivity index is 1.10. The molecule has 192 valence electrons. The van der Waals surface area contributed by atoms with Gasteiger partial charge in [-0.15, -0.1) is 16.4 Å². The van der Waals surface area contributed by atoms with Crippen LogP contribution in [0.1, 0.15) is 11.1 Å². The molecule has 0 aliphatic heterocycles. The molecule has 11 heteroatoms. The van der Waals surface area contributed by atoms with Crippen molar-refractivity contribution in [3.05, 3.63) is 83.9 Å². The molecule has 0 atom stereocenters. The van der Waals surface area contributed by atoms with Crippen LogP contribution >= 0.6 is 34.9 Å². The number of nitrogens with one attached hydrogen (secondary N) is 3. The van der Waals surface area contributed by atoms with E-state index in [4.69, 9.17) is 0 Å². The van der Waals surface area contributed by atoms with Gasteiger partial charge in [-0.05, 0) is 30.7 Å². The Morgan fingerprint density at radius 1 is 0.921 bits per heavy atom. The Kier molecular flexibility index (Phi) is 8.37. The zero-order valence-electron chi connectivity index (χ0n) is 20.4. The first-order valence-electron chi connectivity index (χ1n) is 11.8. The molecule has 0 aliphatic carbocycles. The van der Waals surface area contributed by atoms with Gasteiger partial charge in [-0.2, -0.15) is 0 Å². The molecule has 0 aliphatic rings. The van der Waals surface area contributed by atoms with Crippen molar-refractivity contribution < 1.29 is 9.59 Å². The highest BCUT2D eigenvalue weighted by atomic mass is 32.2. The molecule has 0 bridgehead atoms. The molecule has 5 rings (SSSR count). The van der Waals surface area contributed by atoms with Gasteiger partial charge in [-0.25, -0.2) is 9.97 Å². The Morgan fingerprint density at radius 2 is 1.71 bits per heavy atom. The number of benzene rings is 3. The predicted molar refractivity (Wildman–Crippen MR) is 155 cm³/mol. The summed E-state index contributed by atoms with van der Waals surface area (Å²) in [4.78, 5) is 33.8. The largest absolute Gasteiger partial charge is 0.351 e. The molecule has 2 amide bonds. The highest BCUT2D eigenvalue weighted by molar-refractivity contribution is 8.01. The van der Waals surface area contributed by atoms with Crippen molar-refractivity contribution in [1.29, 1.82) is 0 Å². The number of aromatic amines is 1. The number of hydrogen-bond donors (Lipinski definition) is 3. The maximum atomic E-state index is 12.5. The van der Waals surface area contributed by atoms with Gasteiger partial charge in [-0.3, -0.25) is 14.7 Å². The van der Waals surface area contributed by atoms with Crippen molar-refractivity contribution in [1.82, 2.24) is 25.5 Å². The summed E-state index contributed by atoms with van der Waals surface area (Å²) in [6.45, 7) is 2.54. The molecule has 2 aromatic heterocycles. The second-order valence-electron chi connectivity index (χ2n) is 8.38. The maximum Gasteiger partial charge on any atom is 0.234 e. The summed E-state index contributed by atoms with van der Waals surface area (Å²) < 4.78 is 1.75. The van der Waals surface area contributed by atoms with Crippen LogP contribution in [0.5, 0.6) is 0 Å². The number of thioether (sulfide) groups is 2. The molecule has 2 heterocycles. The molecule has 0 saturated carbocycles. The van der Waals surface area contributed by atoms with Gasteiger partial charge in [0, 0.05) is 17.8 Å². The van der Waals surface area contributed by atoms with Crippen LogP contribution in [0.15, 0.2) is 82.3 Å². The van der Waals surface area contributed by atoms with E-state index < -0.39 is 0 Å². The lowest BCUT2D eigenvalue weighted by atomic mass is 10.1. The molecule has 0 saturated heterocycles. The second kappa shape index (κ2) is 12.2. The number of aromatic nitrogens is 4. The van der Waals surface area contributed by atoms with Crippen LogP contribution in [0.25, 0.3) is 21.6 Å². The van der Waals surface area contributed by atoms with E-state index in [2.05, 4.69) is 30.8 Å². The van der Waals surface area contributed by atoms with Crippen LogP contribution < -0.4 is 10.6 Å². The van der Waals surface area contributed by atoms with Gasteiger partial charge >= 0.3 is 0 Å². The maximum absolute atomic E-state index is 12.5. The molecule has 3 aromatic carbocycles. The summed E-state index contributed by atoms with van der Waals surface area (Å²) in [6.07, 6.45) is 0. The SMILES string of the molecule is Cc1ccc(CNC(=O)CSc2nc3ccc(NC(=O)CSc4n[nH]c(-c5ccccc5)n4)cc3s2)cc1. The van der Waals surface area contributed by atoms with Crippen LogP contribution in [0.4, 0.5) is 5.69 Å². The third-order valence-corrected chi connectivity index (χ3v) is 8.44. The highest BCUT2D eigenvalue weighted by Crippen LogP contribution is 2.31. The minimum atomic E-state index is -0.148. The second-order valence-corrected chi connectivity index (χ2v) is 11.6. The number of rotatable bonds is 10. The molecule has 0 unspecified atom stereocenters. The summed E-state index contributed by atoms with van der Waals surface area (Å²) in [5.74, 6) is 0.958. The third kappa shape index (κ3) is 7.00. The van der Waals surface area contributed by atoms with Gasteiger partial charge in [-0.1, -0.05) is 83.7 Å². The van der Waals surface area contributed by atoms with Crippen LogP contribution in [0.2, 0.25) is 0 Å². The van der Waals surface area contributed by atoms with Gasteiger partial charge < -0.3 is 10.6 Å². The molecule has 0 spiro atoms. The lowest BCUT2D eigenvalue weighted by Crippen LogP contribution is -2.24. The van der Waals surface area contributed by atoms with E-state index in [-0.39, 0.29) is 17.6 Å². The van der Waals surface area contributed by atoms with E-state index in [1.54, 1.807) is 0 Å². The van der Waals surface area contributed by atoms with E-state index in [0.717, 1.165) is 25.7 Å². The summed E-state index contributed by atoms with van der Waals surface area (Å²) in [5.41, 5.74) is 4.73.